The zero-order chi connectivity index (χ0) is 13.7. The molecule has 0 spiro atoms. The molecule has 17 heavy (non-hydrogen) atoms. The van der Waals surface area contributed by atoms with Gasteiger partial charge in [-0.05, 0) is 13.3 Å². The minimum absolute atomic E-state index is 0.161. The smallest absolute Gasteiger partial charge is 0.324 e. The summed E-state index contributed by atoms with van der Waals surface area (Å²) in [6.45, 7) is 3.00. The van der Waals surface area contributed by atoms with Crippen LogP contribution in [-0.4, -0.2) is 24.5 Å². The molecule has 8 heteroatoms. The molecule has 0 bridgehead atoms. The molecular formula is C9H22O6P2. The van der Waals surface area contributed by atoms with E-state index < -0.39 is 20.1 Å². The lowest BCUT2D eigenvalue weighted by Gasteiger charge is -2.30. The molecule has 0 aliphatic rings. The minimum atomic E-state index is -4.83. The zero-order valence-corrected chi connectivity index (χ0v) is 12.0. The van der Waals surface area contributed by atoms with Crippen molar-refractivity contribution in [3.63, 3.8) is 0 Å². The van der Waals surface area contributed by atoms with Crippen LogP contribution in [0.15, 0.2) is 0 Å². The summed E-state index contributed by atoms with van der Waals surface area (Å²) < 4.78 is 22.4. The van der Waals surface area contributed by atoms with E-state index in [9.17, 15) is 9.13 Å². The molecule has 0 radical (unpaired) electrons. The Morgan fingerprint density at radius 1 is 0.882 bits per heavy atom. The van der Waals surface area contributed by atoms with Crippen molar-refractivity contribution in [1.29, 1.82) is 0 Å². The lowest BCUT2D eigenvalue weighted by molar-refractivity contribution is 0.305. The zero-order valence-electron chi connectivity index (χ0n) is 10.2. The maximum atomic E-state index is 11.2. The second-order valence-electron chi connectivity index (χ2n) is 4.47. The highest BCUT2D eigenvalue weighted by molar-refractivity contribution is 7.72. The second-order valence-corrected chi connectivity index (χ2v) is 8.97. The van der Waals surface area contributed by atoms with Crippen molar-refractivity contribution in [2.75, 3.05) is 0 Å². The minimum Gasteiger partial charge on any atom is -0.324 e. The Morgan fingerprint density at radius 3 is 1.65 bits per heavy atom. The molecule has 0 aromatic rings. The van der Waals surface area contributed by atoms with Crippen molar-refractivity contribution >= 4 is 15.2 Å². The molecule has 0 aliphatic carbocycles. The Hall–Kier alpha value is 0.300. The van der Waals surface area contributed by atoms with Crippen molar-refractivity contribution in [2.24, 2.45) is 0 Å². The highest BCUT2D eigenvalue weighted by Crippen LogP contribution is 2.70. The summed E-state index contributed by atoms with van der Waals surface area (Å²) in [5.41, 5.74) is 0. The van der Waals surface area contributed by atoms with Gasteiger partial charge in [0.2, 0.25) is 0 Å². The number of hydrogen-bond acceptors (Lipinski definition) is 2. The van der Waals surface area contributed by atoms with Gasteiger partial charge in [0, 0.05) is 0 Å². The van der Waals surface area contributed by atoms with Crippen LogP contribution < -0.4 is 0 Å². The molecule has 0 heterocycles. The third kappa shape index (κ3) is 4.82. The van der Waals surface area contributed by atoms with Crippen LogP contribution in [0.2, 0.25) is 0 Å². The first-order valence-corrected chi connectivity index (χ1v) is 8.90. The van der Waals surface area contributed by atoms with Gasteiger partial charge in [-0.2, -0.15) is 0 Å². The molecule has 0 saturated carbocycles. The number of hydrogen-bond donors (Lipinski definition) is 4. The molecule has 0 rings (SSSR count). The maximum Gasteiger partial charge on any atom is 0.343 e. The average molecular weight is 288 g/mol. The van der Waals surface area contributed by atoms with Crippen LogP contribution in [0.3, 0.4) is 0 Å². The van der Waals surface area contributed by atoms with Gasteiger partial charge >= 0.3 is 15.2 Å². The Balaban J connectivity index is 4.55. The van der Waals surface area contributed by atoms with Crippen molar-refractivity contribution in [1.82, 2.24) is 0 Å². The van der Waals surface area contributed by atoms with Crippen LogP contribution in [0.4, 0.5) is 0 Å². The summed E-state index contributed by atoms with van der Waals surface area (Å²) in [6, 6.07) is 0. The van der Waals surface area contributed by atoms with E-state index in [0.29, 0.717) is 6.42 Å². The van der Waals surface area contributed by atoms with Crippen LogP contribution >= 0.6 is 15.2 Å². The SMILES string of the molecule is CCCCCCCC(C)(P(=O)(O)O)P(=O)(O)O. The third-order valence-corrected chi connectivity index (χ3v) is 7.53. The van der Waals surface area contributed by atoms with E-state index in [1.165, 1.54) is 0 Å². The van der Waals surface area contributed by atoms with E-state index in [-0.39, 0.29) is 6.42 Å². The van der Waals surface area contributed by atoms with Crippen molar-refractivity contribution in [3.8, 4) is 0 Å². The Morgan fingerprint density at radius 2 is 1.29 bits per heavy atom. The van der Waals surface area contributed by atoms with E-state index >= 15 is 0 Å². The van der Waals surface area contributed by atoms with E-state index in [1.807, 2.05) is 6.92 Å². The molecule has 0 aliphatic heterocycles. The first kappa shape index (κ1) is 17.3. The van der Waals surface area contributed by atoms with Crippen molar-refractivity contribution < 1.29 is 28.7 Å². The fourth-order valence-electron chi connectivity index (χ4n) is 1.52. The predicted molar refractivity (Wildman–Crippen MR) is 65.9 cm³/mol. The maximum absolute atomic E-state index is 11.2. The number of rotatable bonds is 8. The summed E-state index contributed by atoms with van der Waals surface area (Å²) in [5.74, 6) is 0. The van der Waals surface area contributed by atoms with E-state index in [4.69, 9.17) is 19.6 Å². The fourth-order valence-corrected chi connectivity index (χ4v) is 3.78. The highest BCUT2D eigenvalue weighted by Gasteiger charge is 2.55. The quantitative estimate of drug-likeness (QED) is 0.403. The van der Waals surface area contributed by atoms with Crippen molar-refractivity contribution in [2.45, 2.75) is 57.3 Å². The molecule has 0 aromatic heterocycles. The second kappa shape index (κ2) is 6.46. The summed E-state index contributed by atoms with van der Waals surface area (Å²) >= 11 is 0. The van der Waals surface area contributed by atoms with Gasteiger partial charge in [0.25, 0.3) is 0 Å². The Kier molecular flexibility index (Phi) is 6.58. The molecule has 0 fully saturated rings. The molecule has 6 nitrogen and oxygen atoms in total. The van der Waals surface area contributed by atoms with Gasteiger partial charge in [0.05, 0.1) is 0 Å². The van der Waals surface area contributed by atoms with Crippen LogP contribution in [0, 0.1) is 0 Å². The van der Waals surface area contributed by atoms with Gasteiger partial charge in [0.1, 0.15) is 0 Å². The Labute approximate surface area is 102 Å². The average Bonchev–Trinajstić information content (AvgIpc) is 2.13. The van der Waals surface area contributed by atoms with Crippen molar-refractivity contribution in [3.05, 3.63) is 0 Å². The van der Waals surface area contributed by atoms with Gasteiger partial charge in [0.15, 0.2) is 4.90 Å². The lowest BCUT2D eigenvalue weighted by Crippen LogP contribution is -2.24. The summed E-state index contributed by atoms with van der Waals surface area (Å²) in [6.07, 6.45) is 3.94. The van der Waals surface area contributed by atoms with E-state index in [0.717, 1.165) is 32.6 Å². The molecule has 4 N–H and O–H groups in total. The molecular weight excluding hydrogens is 266 g/mol. The van der Waals surface area contributed by atoms with E-state index in [2.05, 4.69) is 0 Å². The third-order valence-electron chi connectivity index (χ3n) is 3.01. The fraction of sp³-hybridized carbons (Fsp3) is 1.00. The largest absolute Gasteiger partial charge is 0.343 e. The predicted octanol–water partition coefficient (Wildman–Crippen LogP) is 2.42. The van der Waals surface area contributed by atoms with Gasteiger partial charge in [-0.15, -0.1) is 0 Å². The normalized spacial score (nSPS) is 14.0. The summed E-state index contributed by atoms with van der Waals surface area (Å²) in [7, 11) is -9.66. The van der Waals surface area contributed by atoms with Gasteiger partial charge in [-0.1, -0.05) is 39.0 Å². The van der Waals surface area contributed by atoms with Gasteiger partial charge < -0.3 is 19.6 Å². The molecule has 104 valence electrons. The molecule has 0 amide bonds. The summed E-state index contributed by atoms with van der Waals surface area (Å²) in [4.78, 5) is 34.1. The topological polar surface area (TPSA) is 115 Å². The van der Waals surface area contributed by atoms with Crippen LogP contribution in [-0.2, 0) is 9.13 Å². The van der Waals surface area contributed by atoms with Crippen LogP contribution in [0.5, 0.6) is 0 Å². The molecule has 0 saturated heterocycles. The van der Waals surface area contributed by atoms with Crippen LogP contribution in [0.1, 0.15) is 52.4 Å². The first-order valence-electron chi connectivity index (χ1n) is 5.67. The Bertz CT molecular complexity index is 295. The van der Waals surface area contributed by atoms with Gasteiger partial charge in [-0.3, -0.25) is 9.13 Å². The number of unbranched alkanes of at least 4 members (excludes halogenated alkanes) is 4. The molecule has 0 unspecified atom stereocenters. The lowest BCUT2D eigenvalue weighted by atomic mass is 10.1. The monoisotopic (exact) mass is 288 g/mol. The first-order chi connectivity index (χ1) is 7.56. The highest BCUT2D eigenvalue weighted by atomic mass is 31.2. The molecule has 0 aromatic carbocycles. The standard InChI is InChI=1S/C9H22O6P2/c1-3-4-5-6-7-8-9(2,16(10,11)12)17(13,14)15/h3-8H2,1-2H3,(H2,10,11,12)(H2,13,14,15). The van der Waals surface area contributed by atoms with E-state index in [1.54, 1.807) is 0 Å². The van der Waals surface area contributed by atoms with Crippen LogP contribution in [0.25, 0.3) is 0 Å². The van der Waals surface area contributed by atoms with Gasteiger partial charge in [-0.25, -0.2) is 0 Å². The molecule has 0 atom stereocenters. The summed E-state index contributed by atoms with van der Waals surface area (Å²) in [5, 5.41) is 0.